The molecule has 152 valence electrons. The summed E-state index contributed by atoms with van der Waals surface area (Å²) in [5.41, 5.74) is -0.167. The summed E-state index contributed by atoms with van der Waals surface area (Å²) in [7, 11) is 0. The van der Waals surface area contributed by atoms with Crippen molar-refractivity contribution in [1.29, 1.82) is 0 Å². The van der Waals surface area contributed by atoms with E-state index in [1.165, 1.54) is 12.3 Å². The lowest BCUT2D eigenvalue weighted by Crippen LogP contribution is -2.14. The molecule has 10 heteroatoms. The number of rotatable bonds is 7. The number of hydrogen-bond acceptors (Lipinski definition) is 8. The minimum atomic E-state index is -0.755. The van der Waals surface area contributed by atoms with Crippen molar-refractivity contribution >= 4 is 23.3 Å². The van der Waals surface area contributed by atoms with Gasteiger partial charge in [-0.05, 0) is 31.2 Å². The fourth-order valence-corrected chi connectivity index (χ4v) is 2.48. The highest BCUT2D eigenvalue weighted by atomic mass is 16.6. The van der Waals surface area contributed by atoms with Gasteiger partial charge in [-0.25, -0.2) is 4.79 Å². The van der Waals surface area contributed by atoms with E-state index in [-0.39, 0.29) is 23.6 Å². The van der Waals surface area contributed by atoms with Crippen molar-refractivity contribution in [3.05, 3.63) is 82.0 Å². The zero-order valence-electron chi connectivity index (χ0n) is 15.8. The van der Waals surface area contributed by atoms with Crippen molar-refractivity contribution < 1.29 is 24.0 Å². The number of amides is 1. The molecule has 0 aliphatic carbocycles. The molecule has 0 saturated carbocycles. The van der Waals surface area contributed by atoms with Gasteiger partial charge in [-0.1, -0.05) is 6.07 Å². The third-order valence-electron chi connectivity index (χ3n) is 3.76. The molecule has 0 atom stereocenters. The van der Waals surface area contributed by atoms with Gasteiger partial charge in [-0.3, -0.25) is 14.9 Å². The number of non-ortho nitro benzene ring substituents is 1. The van der Waals surface area contributed by atoms with Crippen LogP contribution in [0.5, 0.6) is 11.6 Å². The highest BCUT2D eigenvalue weighted by molar-refractivity contribution is 6.06. The number of hydrogen-bond donors (Lipinski definition) is 1. The molecule has 3 aromatic rings. The first kappa shape index (κ1) is 20.4. The molecular formula is C20H16N4O6. The molecule has 1 N–H and O–H groups in total. The van der Waals surface area contributed by atoms with E-state index in [4.69, 9.17) is 9.47 Å². The third-order valence-corrected chi connectivity index (χ3v) is 3.76. The Balaban J connectivity index is 1.82. The zero-order valence-corrected chi connectivity index (χ0v) is 15.8. The minimum Gasteiger partial charge on any atom is -0.462 e. The van der Waals surface area contributed by atoms with Gasteiger partial charge in [0.15, 0.2) is 0 Å². The first-order chi connectivity index (χ1) is 14.5. The van der Waals surface area contributed by atoms with E-state index in [1.54, 1.807) is 43.3 Å². The zero-order chi connectivity index (χ0) is 21.5. The lowest BCUT2D eigenvalue weighted by atomic mass is 10.1. The average molecular weight is 408 g/mol. The van der Waals surface area contributed by atoms with Crippen LogP contribution in [0.1, 0.15) is 27.6 Å². The van der Waals surface area contributed by atoms with E-state index in [0.717, 1.165) is 12.1 Å². The number of carbonyl (C=O) groups excluding carboxylic acids is 2. The predicted octanol–water partition coefficient (Wildman–Crippen LogP) is 3.61. The maximum Gasteiger partial charge on any atom is 0.338 e. The molecule has 0 aliphatic rings. The number of esters is 1. The lowest BCUT2D eigenvalue weighted by Gasteiger charge is -2.09. The molecule has 1 aromatic heterocycles. The molecule has 30 heavy (non-hydrogen) atoms. The monoisotopic (exact) mass is 408 g/mol. The molecule has 1 amide bonds. The van der Waals surface area contributed by atoms with E-state index >= 15 is 0 Å². The minimum absolute atomic E-state index is 0.0625. The molecular weight excluding hydrogens is 392 g/mol. The second kappa shape index (κ2) is 9.24. The Hall–Kier alpha value is -4.34. The molecule has 0 radical (unpaired) electrons. The van der Waals surface area contributed by atoms with Crippen LogP contribution in [0.3, 0.4) is 0 Å². The second-order valence-corrected chi connectivity index (χ2v) is 5.89. The molecule has 0 spiro atoms. The van der Waals surface area contributed by atoms with Crippen molar-refractivity contribution in [2.75, 3.05) is 11.9 Å². The summed E-state index contributed by atoms with van der Waals surface area (Å²) in [5.74, 6) is -0.714. The van der Waals surface area contributed by atoms with Crippen LogP contribution >= 0.6 is 0 Å². The number of nitro benzene ring substituents is 1. The number of carbonyl (C=O) groups is 2. The van der Waals surface area contributed by atoms with Gasteiger partial charge in [0.05, 0.1) is 17.1 Å². The highest BCUT2D eigenvalue weighted by Crippen LogP contribution is 2.24. The fourth-order valence-electron chi connectivity index (χ4n) is 2.48. The maximum atomic E-state index is 12.6. The van der Waals surface area contributed by atoms with E-state index in [1.807, 2.05) is 0 Å². The molecule has 0 bridgehead atoms. The lowest BCUT2D eigenvalue weighted by molar-refractivity contribution is -0.384. The van der Waals surface area contributed by atoms with Crippen LogP contribution in [0.25, 0.3) is 0 Å². The molecule has 0 aliphatic heterocycles. The Kier molecular flexibility index (Phi) is 6.28. The second-order valence-electron chi connectivity index (χ2n) is 5.89. The predicted molar refractivity (Wildman–Crippen MR) is 106 cm³/mol. The first-order valence-corrected chi connectivity index (χ1v) is 8.80. The van der Waals surface area contributed by atoms with E-state index in [0.29, 0.717) is 11.4 Å². The molecule has 0 saturated heterocycles. The number of nitrogens with zero attached hydrogens (tertiary/aromatic N) is 3. The summed E-state index contributed by atoms with van der Waals surface area (Å²) in [6.45, 7) is 1.71. The summed E-state index contributed by atoms with van der Waals surface area (Å²) >= 11 is 0. The maximum absolute atomic E-state index is 12.6. The fraction of sp³-hybridized carbons (Fsp3) is 0.100. The van der Waals surface area contributed by atoms with E-state index in [2.05, 4.69) is 15.5 Å². The van der Waals surface area contributed by atoms with E-state index < -0.39 is 22.5 Å². The van der Waals surface area contributed by atoms with Crippen LogP contribution in [0, 0.1) is 10.1 Å². The topological polar surface area (TPSA) is 134 Å². The molecule has 2 aromatic carbocycles. The first-order valence-electron chi connectivity index (χ1n) is 8.80. The van der Waals surface area contributed by atoms with Crippen LogP contribution in [-0.4, -0.2) is 33.6 Å². The highest BCUT2D eigenvalue weighted by Gasteiger charge is 2.19. The SMILES string of the molecule is CCOC(=O)c1cc(C(=O)Nc2cccc(Oc3cccnn3)c2)cc([N+](=O)[O-])c1. The van der Waals surface area contributed by atoms with Crippen LogP contribution in [0.4, 0.5) is 11.4 Å². The average Bonchev–Trinajstić information content (AvgIpc) is 2.74. The largest absolute Gasteiger partial charge is 0.462 e. The number of aromatic nitrogens is 2. The van der Waals surface area contributed by atoms with Gasteiger partial charge >= 0.3 is 5.97 Å². The quantitative estimate of drug-likeness (QED) is 0.356. The Morgan fingerprint density at radius 2 is 1.90 bits per heavy atom. The van der Waals surface area contributed by atoms with Gasteiger partial charge in [0, 0.05) is 41.7 Å². The molecule has 10 nitrogen and oxygen atoms in total. The van der Waals surface area contributed by atoms with Crippen molar-refractivity contribution in [3.63, 3.8) is 0 Å². The van der Waals surface area contributed by atoms with Gasteiger partial charge in [0.1, 0.15) is 5.75 Å². The molecule has 3 rings (SSSR count). The van der Waals surface area contributed by atoms with Crippen LogP contribution in [0.15, 0.2) is 60.8 Å². The summed E-state index contributed by atoms with van der Waals surface area (Å²) in [6.07, 6.45) is 1.51. The third kappa shape index (κ3) is 5.13. The molecule has 1 heterocycles. The van der Waals surface area contributed by atoms with Gasteiger partial charge in [-0.15, -0.1) is 5.10 Å². The molecule has 0 unspecified atom stereocenters. The van der Waals surface area contributed by atoms with Crippen molar-refractivity contribution in [2.45, 2.75) is 6.92 Å². The normalized spacial score (nSPS) is 10.2. The summed E-state index contributed by atoms with van der Waals surface area (Å²) < 4.78 is 10.4. The molecule has 0 fully saturated rings. The van der Waals surface area contributed by atoms with Crippen LogP contribution < -0.4 is 10.1 Å². The van der Waals surface area contributed by atoms with Gasteiger partial charge in [0.25, 0.3) is 11.6 Å². The number of benzene rings is 2. The number of ether oxygens (including phenoxy) is 2. The summed E-state index contributed by atoms with van der Waals surface area (Å²) in [5, 5.41) is 21.3. The summed E-state index contributed by atoms with van der Waals surface area (Å²) in [6, 6.07) is 13.1. The number of anilines is 1. The van der Waals surface area contributed by atoms with Crippen molar-refractivity contribution in [3.8, 4) is 11.6 Å². The van der Waals surface area contributed by atoms with Gasteiger partial charge in [-0.2, -0.15) is 5.10 Å². The van der Waals surface area contributed by atoms with E-state index in [9.17, 15) is 19.7 Å². The number of nitrogens with one attached hydrogen (secondary N) is 1. The Bertz CT molecular complexity index is 1090. The number of nitro groups is 1. The van der Waals surface area contributed by atoms with Crippen LogP contribution in [0.2, 0.25) is 0 Å². The van der Waals surface area contributed by atoms with Gasteiger partial charge < -0.3 is 14.8 Å². The van der Waals surface area contributed by atoms with Crippen molar-refractivity contribution in [2.24, 2.45) is 0 Å². The summed E-state index contributed by atoms with van der Waals surface area (Å²) in [4.78, 5) is 35.1. The van der Waals surface area contributed by atoms with Crippen LogP contribution in [-0.2, 0) is 4.74 Å². The Morgan fingerprint density at radius 1 is 1.10 bits per heavy atom. The van der Waals surface area contributed by atoms with Gasteiger partial charge in [0.2, 0.25) is 5.88 Å². The van der Waals surface area contributed by atoms with Crippen molar-refractivity contribution in [1.82, 2.24) is 10.2 Å². The Morgan fingerprint density at radius 3 is 2.60 bits per heavy atom. The smallest absolute Gasteiger partial charge is 0.338 e. The standard InChI is InChI=1S/C20H16N4O6/c1-2-29-20(26)14-9-13(10-16(11-14)24(27)28)19(25)22-15-5-3-6-17(12-15)30-18-7-4-8-21-23-18/h3-12H,2H2,1H3,(H,22,25). The Labute approximate surface area is 170 Å².